The molecule has 0 spiro atoms. The molecule has 1 aliphatic rings. The third-order valence-corrected chi connectivity index (χ3v) is 4.33. The van der Waals surface area contributed by atoms with Gasteiger partial charge in [0, 0.05) is 12.0 Å². The molecule has 2 aromatic carbocycles. The largest absolute Gasteiger partial charge is 0.497 e. The summed E-state index contributed by atoms with van der Waals surface area (Å²) in [5.41, 5.74) is 2.80. The maximum atomic E-state index is 5.41. The van der Waals surface area contributed by atoms with Crippen molar-refractivity contribution in [1.82, 2.24) is 5.32 Å². The molecule has 0 amide bonds. The molecule has 1 fully saturated rings. The second-order valence-electron chi connectivity index (χ2n) is 5.46. The standard InChI is InChI=1S/C18H21NO/c1-20-17-10-5-9-16(13-17)18(11-6-12-19-14-18)15-7-3-2-4-8-15/h2-5,7-10,13,19H,6,11-12,14H2,1H3. The van der Waals surface area contributed by atoms with E-state index in [9.17, 15) is 0 Å². The molecule has 2 aromatic rings. The highest BCUT2D eigenvalue weighted by atomic mass is 16.5. The summed E-state index contributed by atoms with van der Waals surface area (Å²) >= 11 is 0. The molecule has 1 unspecified atom stereocenters. The van der Waals surface area contributed by atoms with E-state index in [4.69, 9.17) is 4.74 Å². The van der Waals surface area contributed by atoms with Crippen molar-refractivity contribution >= 4 is 0 Å². The van der Waals surface area contributed by atoms with Gasteiger partial charge in [-0.25, -0.2) is 0 Å². The van der Waals surface area contributed by atoms with E-state index in [1.807, 2.05) is 6.07 Å². The monoisotopic (exact) mass is 267 g/mol. The van der Waals surface area contributed by atoms with Crippen molar-refractivity contribution in [2.45, 2.75) is 18.3 Å². The molecular weight excluding hydrogens is 246 g/mol. The molecule has 2 nitrogen and oxygen atoms in total. The van der Waals surface area contributed by atoms with Crippen LogP contribution in [0.4, 0.5) is 0 Å². The molecule has 20 heavy (non-hydrogen) atoms. The Balaban J connectivity index is 2.10. The lowest BCUT2D eigenvalue weighted by Gasteiger charge is -2.39. The lowest BCUT2D eigenvalue weighted by Crippen LogP contribution is -2.44. The number of rotatable bonds is 3. The summed E-state index contributed by atoms with van der Waals surface area (Å²) in [4.78, 5) is 0. The van der Waals surface area contributed by atoms with Crippen LogP contribution in [0, 0.1) is 0 Å². The normalized spacial score (nSPS) is 22.4. The first-order valence-electron chi connectivity index (χ1n) is 7.26. The number of piperidine rings is 1. The van der Waals surface area contributed by atoms with Crippen LogP contribution in [0.2, 0.25) is 0 Å². The maximum absolute atomic E-state index is 5.41. The van der Waals surface area contributed by atoms with Crippen LogP contribution in [-0.4, -0.2) is 20.2 Å². The maximum Gasteiger partial charge on any atom is 0.119 e. The minimum atomic E-state index is 0.0635. The van der Waals surface area contributed by atoms with E-state index in [-0.39, 0.29) is 5.41 Å². The van der Waals surface area contributed by atoms with Crippen LogP contribution in [0.3, 0.4) is 0 Å². The van der Waals surface area contributed by atoms with Crippen molar-refractivity contribution in [1.29, 1.82) is 0 Å². The predicted molar refractivity (Wildman–Crippen MR) is 82.3 cm³/mol. The highest BCUT2D eigenvalue weighted by Crippen LogP contribution is 2.39. The Bertz CT molecular complexity index is 559. The molecule has 1 heterocycles. The quantitative estimate of drug-likeness (QED) is 0.920. The fourth-order valence-electron chi connectivity index (χ4n) is 3.24. The van der Waals surface area contributed by atoms with Gasteiger partial charge in [0.25, 0.3) is 0 Å². The van der Waals surface area contributed by atoms with Gasteiger partial charge < -0.3 is 10.1 Å². The van der Waals surface area contributed by atoms with Crippen LogP contribution in [0.1, 0.15) is 24.0 Å². The van der Waals surface area contributed by atoms with E-state index in [1.54, 1.807) is 7.11 Å². The van der Waals surface area contributed by atoms with Gasteiger partial charge in [-0.15, -0.1) is 0 Å². The molecule has 3 rings (SSSR count). The first-order valence-corrected chi connectivity index (χ1v) is 7.26. The van der Waals surface area contributed by atoms with Crippen molar-refractivity contribution in [2.75, 3.05) is 20.2 Å². The summed E-state index contributed by atoms with van der Waals surface area (Å²) in [5.74, 6) is 0.934. The first-order chi connectivity index (χ1) is 9.85. The minimum absolute atomic E-state index is 0.0635. The molecule has 104 valence electrons. The number of hydrogen-bond donors (Lipinski definition) is 1. The number of nitrogens with one attached hydrogen (secondary N) is 1. The Labute approximate surface area is 120 Å². The smallest absolute Gasteiger partial charge is 0.119 e. The van der Waals surface area contributed by atoms with Crippen molar-refractivity contribution in [3.05, 3.63) is 65.7 Å². The number of hydrogen-bond acceptors (Lipinski definition) is 2. The fraction of sp³-hybridized carbons (Fsp3) is 0.333. The molecule has 1 N–H and O–H groups in total. The van der Waals surface area contributed by atoms with Crippen molar-refractivity contribution in [3.63, 3.8) is 0 Å². The first kappa shape index (κ1) is 13.2. The zero-order valence-corrected chi connectivity index (χ0v) is 11.9. The average Bonchev–Trinajstić information content (AvgIpc) is 2.56. The SMILES string of the molecule is COc1cccc(C2(c3ccccc3)CCCNC2)c1. The van der Waals surface area contributed by atoms with Gasteiger partial charge in [-0.05, 0) is 42.6 Å². The van der Waals surface area contributed by atoms with E-state index in [1.165, 1.54) is 24.0 Å². The van der Waals surface area contributed by atoms with E-state index in [2.05, 4.69) is 53.8 Å². The van der Waals surface area contributed by atoms with Gasteiger partial charge in [-0.3, -0.25) is 0 Å². The van der Waals surface area contributed by atoms with Gasteiger partial charge in [0.05, 0.1) is 7.11 Å². The van der Waals surface area contributed by atoms with Gasteiger partial charge in [0.2, 0.25) is 0 Å². The highest BCUT2D eigenvalue weighted by Gasteiger charge is 2.35. The molecule has 0 bridgehead atoms. The predicted octanol–water partition coefficient (Wildman–Crippen LogP) is 3.36. The van der Waals surface area contributed by atoms with Gasteiger partial charge in [0.1, 0.15) is 5.75 Å². The Morgan fingerprint density at radius 1 is 1.00 bits per heavy atom. The van der Waals surface area contributed by atoms with Crippen LogP contribution in [-0.2, 0) is 5.41 Å². The summed E-state index contributed by atoms with van der Waals surface area (Å²) < 4.78 is 5.41. The summed E-state index contributed by atoms with van der Waals surface area (Å²) in [6.45, 7) is 2.10. The Kier molecular flexibility index (Phi) is 3.75. The summed E-state index contributed by atoms with van der Waals surface area (Å²) in [6.07, 6.45) is 2.38. The lowest BCUT2D eigenvalue weighted by molar-refractivity contribution is 0.362. The second-order valence-corrected chi connectivity index (χ2v) is 5.46. The molecule has 1 atom stereocenters. The van der Waals surface area contributed by atoms with Crippen molar-refractivity contribution < 1.29 is 4.74 Å². The van der Waals surface area contributed by atoms with Crippen LogP contribution in [0.5, 0.6) is 5.75 Å². The van der Waals surface area contributed by atoms with Crippen LogP contribution < -0.4 is 10.1 Å². The second kappa shape index (κ2) is 5.68. The van der Waals surface area contributed by atoms with Gasteiger partial charge in [0.15, 0.2) is 0 Å². The number of ether oxygens (including phenoxy) is 1. The third kappa shape index (κ3) is 2.32. The molecule has 1 aliphatic heterocycles. The summed E-state index contributed by atoms with van der Waals surface area (Å²) in [5, 5.41) is 3.57. The van der Waals surface area contributed by atoms with E-state index >= 15 is 0 Å². The number of methoxy groups -OCH3 is 1. The molecular formula is C18H21NO. The highest BCUT2D eigenvalue weighted by molar-refractivity contribution is 5.43. The molecule has 0 radical (unpaired) electrons. The molecule has 2 heteroatoms. The van der Waals surface area contributed by atoms with Crippen molar-refractivity contribution in [3.8, 4) is 5.75 Å². The Morgan fingerprint density at radius 2 is 1.80 bits per heavy atom. The van der Waals surface area contributed by atoms with E-state index in [0.717, 1.165) is 18.8 Å². The summed E-state index contributed by atoms with van der Waals surface area (Å²) in [7, 11) is 1.73. The third-order valence-electron chi connectivity index (χ3n) is 4.33. The topological polar surface area (TPSA) is 21.3 Å². The van der Waals surface area contributed by atoms with E-state index in [0.29, 0.717) is 0 Å². The number of benzene rings is 2. The van der Waals surface area contributed by atoms with E-state index < -0.39 is 0 Å². The van der Waals surface area contributed by atoms with Gasteiger partial charge in [-0.2, -0.15) is 0 Å². The van der Waals surface area contributed by atoms with Crippen molar-refractivity contribution in [2.24, 2.45) is 0 Å². The zero-order valence-electron chi connectivity index (χ0n) is 11.9. The Morgan fingerprint density at radius 3 is 2.50 bits per heavy atom. The zero-order chi connectivity index (χ0) is 13.8. The van der Waals surface area contributed by atoms with Crippen LogP contribution in [0.15, 0.2) is 54.6 Å². The molecule has 0 saturated carbocycles. The van der Waals surface area contributed by atoms with Gasteiger partial charge in [-0.1, -0.05) is 42.5 Å². The summed E-state index contributed by atoms with van der Waals surface area (Å²) in [6, 6.07) is 19.3. The average molecular weight is 267 g/mol. The fourth-order valence-corrected chi connectivity index (χ4v) is 3.24. The molecule has 0 aliphatic carbocycles. The molecule has 0 aromatic heterocycles. The van der Waals surface area contributed by atoms with Gasteiger partial charge >= 0.3 is 0 Å². The Hall–Kier alpha value is -1.80. The van der Waals surface area contributed by atoms with Crippen LogP contribution in [0.25, 0.3) is 0 Å². The lowest BCUT2D eigenvalue weighted by atomic mass is 9.70. The molecule has 1 saturated heterocycles. The van der Waals surface area contributed by atoms with Crippen LogP contribution >= 0.6 is 0 Å². The minimum Gasteiger partial charge on any atom is -0.497 e.